The van der Waals surface area contributed by atoms with Crippen LogP contribution in [0.15, 0.2) is 18.2 Å². The van der Waals surface area contributed by atoms with E-state index in [-0.39, 0.29) is 23.3 Å². The summed E-state index contributed by atoms with van der Waals surface area (Å²) < 4.78 is 51.5. The minimum absolute atomic E-state index is 0.0720. The number of amides is 2. The van der Waals surface area contributed by atoms with Gasteiger partial charge < -0.3 is 15.5 Å². The first-order valence-corrected chi connectivity index (χ1v) is 8.22. The summed E-state index contributed by atoms with van der Waals surface area (Å²) in [6.45, 7) is -1.04. The van der Waals surface area contributed by atoms with E-state index in [1.54, 1.807) is 0 Å². The predicted octanol–water partition coefficient (Wildman–Crippen LogP) is 4.17. The molecule has 2 rings (SSSR count). The van der Waals surface area contributed by atoms with Crippen LogP contribution in [0.2, 0.25) is 0 Å². The molecule has 8 heteroatoms. The monoisotopic (exact) mass is 361 g/mol. The summed E-state index contributed by atoms with van der Waals surface area (Å²) in [5, 5.41) is 5.23. The lowest BCUT2D eigenvalue weighted by Gasteiger charge is -2.36. The van der Waals surface area contributed by atoms with Crippen molar-refractivity contribution in [2.24, 2.45) is 0 Å². The second-order valence-electron chi connectivity index (χ2n) is 6.57. The van der Waals surface area contributed by atoms with Crippen molar-refractivity contribution in [1.29, 1.82) is 0 Å². The molecule has 4 nitrogen and oxygen atoms in total. The molecule has 1 aliphatic carbocycles. The normalized spacial score (nSPS) is 21.2. The minimum atomic E-state index is -4.60. The Morgan fingerprint density at radius 2 is 1.88 bits per heavy atom. The maximum absolute atomic E-state index is 12.9. The average molecular weight is 361 g/mol. The van der Waals surface area contributed by atoms with Gasteiger partial charge in [-0.3, -0.25) is 0 Å². The Balaban J connectivity index is 2.09. The Morgan fingerprint density at radius 3 is 2.48 bits per heavy atom. The van der Waals surface area contributed by atoms with Gasteiger partial charge in [-0.15, -0.1) is 0 Å². The molecule has 0 saturated heterocycles. The first-order valence-electron chi connectivity index (χ1n) is 8.22. The number of carbonyl (C=O) groups is 1. The molecule has 0 radical (unpaired) electrons. The second-order valence-corrected chi connectivity index (χ2v) is 6.57. The SMILES string of the molecule is CN(C)[C@@H]1CCCC[C@H]1NC(=O)Nc1cc(CF)cc(C(F)(F)F)c1. The predicted molar refractivity (Wildman–Crippen MR) is 88.1 cm³/mol. The van der Waals surface area contributed by atoms with E-state index in [1.165, 1.54) is 6.07 Å². The number of rotatable bonds is 4. The van der Waals surface area contributed by atoms with Crippen LogP contribution >= 0.6 is 0 Å². The fourth-order valence-corrected chi connectivity index (χ4v) is 3.24. The number of alkyl halides is 4. The van der Waals surface area contributed by atoms with Crippen molar-refractivity contribution < 1.29 is 22.4 Å². The fourth-order valence-electron chi connectivity index (χ4n) is 3.24. The number of halogens is 4. The van der Waals surface area contributed by atoms with Gasteiger partial charge in [-0.2, -0.15) is 13.2 Å². The highest BCUT2D eigenvalue weighted by molar-refractivity contribution is 5.89. The van der Waals surface area contributed by atoms with Crippen LogP contribution in [0, 0.1) is 0 Å². The van der Waals surface area contributed by atoms with Crippen LogP contribution in [-0.4, -0.2) is 37.1 Å². The van der Waals surface area contributed by atoms with E-state index in [0.29, 0.717) is 0 Å². The smallest absolute Gasteiger partial charge is 0.334 e. The zero-order valence-electron chi connectivity index (χ0n) is 14.3. The van der Waals surface area contributed by atoms with Gasteiger partial charge in [0, 0.05) is 17.8 Å². The Labute approximate surface area is 144 Å². The van der Waals surface area contributed by atoms with Gasteiger partial charge in [0.15, 0.2) is 0 Å². The van der Waals surface area contributed by atoms with Gasteiger partial charge in [0.25, 0.3) is 0 Å². The molecule has 0 bridgehead atoms. The van der Waals surface area contributed by atoms with Crippen LogP contribution in [0.1, 0.15) is 36.8 Å². The highest BCUT2D eigenvalue weighted by Crippen LogP contribution is 2.32. The molecule has 0 heterocycles. The van der Waals surface area contributed by atoms with Crippen molar-refractivity contribution >= 4 is 11.7 Å². The molecule has 0 aromatic heterocycles. The summed E-state index contributed by atoms with van der Waals surface area (Å²) in [4.78, 5) is 14.2. The number of urea groups is 1. The van der Waals surface area contributed by atoms with E-state index in [2.05, 4.69) is 10.6 Å². The van der Waals surface area contributed by atoms with Crippen molar-refractivity contribution in [2.75, 3.05) is 19.4 Å². The van der Waals surface area contributed by atoms with Crippen LogP contribution in [0.5, 0.6) is 0 Å². The molecule has 1 fully saturated rings. The maximum atomic E-state index is 12.9. The van der Waals surface area contributed by atoms with Crippen LogP contribution in [0.3, 0.4) is 0 Å². The van der Waals surface area contributed by atoms with E-state index in [1.807, 2.05) is 19.0 Å². The van der Waals surface area contributed by atoms with Gasteiger partial charge >= 0.3 is 12.2 Å². The van der Waals surface area contributed by atoms with Crippen molar-refractivity contribution in [2.45, 2.75) is 50.6 Å². The molecule has 1 saturated carbocycles. The zero-order chi connectivity index (χ0) is 18.6. The summed E-state index contributed by atoms with van der Waals surface area (Å²) in [7, 11) is 3.87. The molecule has 2 N–H and O–H groups in total. The summed E-state index contributed by atoms with van der Waals surface area (Å²) >= 11 is 0. The number of anilines is 1. The van der Waals surface area contributed by atoms with Crippen LogP contribution in [0.25, 0.3) is 0 Å². The number of nitrogens with one attached hydrogen (secondary N) is 2. The summed E-state index contributed by atoms with van der Waals surface area (Å²) in [5.74, 6) is 0. The van der Waals surface area contributed by atoms with Crippen molar-refractivity contribution in [3.63, 3.8) is 0 Å². The number of nitrogens with zero attached hydrogens (tertiary/aromatic N) is 1. The van der Waals surface area contributed by atoms with Gasteiger partial charge in [0.2, 0.25) is 0 Å². The zero-order valence-corrected chi connectivity index (χ0v) is 14.3. The molecule has 1 aromatic carbocycles. The Kier molecular flexibility index (Phi) is 6.26. The Hall–Kier alpha value is -1.83. The van der Waals surface area contributed by atoms with Crippen molar-refractivity contribution in [3.8, 4) is 0 Å². The molecule has 140 valence electrons. The third kappa shape index (κ3) is 5.32. The highest BCUT2D eigenvalue weighted by atomic mass is 19.4. The maximum Gasteiger partial charge on any atom is 0.416 e. The molecule has 2 amide bonds. The van der Waals surface area contributed by atoms with E-state index >= 15 is 0 Å². The first kappa shape index (κ1) is 19.5. The first-order chi connectivity index (χ1) is 11.7. The molecule has 1 aliphatic rings. The van der Waals surface area contributed by atoms with Gasteiger partial charge in [0.1, 0.15) is 6.67 Å². The molecular weight excluding hydrogens is 338 g/mol. The largest absolute Gasteiger partial charge is 0.416 e. The van der Waals surface area contributed by atoms with E-state index < -0.39 is 24.4 Å². The number of benzene rings is 1. The van der Waals surface area contributed by atoms with E-state index in [4.69, 9.17) is 0 Å². The van der Waals surface area contributed by atoms with Crippen molar-refractivity contribution in [3.05, 3.63) is 29.3 Å². The molecule has 0 spiro atoms. The van der Waals surface area contributed by atoms with Crippen LogP contribution in [-0.2, 0) is 12.9 Å². The average Bonchev–Trinajstić information content (AvgIpc) is 2.53. The van der Waals surface area contributed by atoms with Gasteiger partial charge in [-0.25, -0.2) is 9.18 Å². The van der Waals surface area contributed by atoms with Gasteiger partial charge in [-0.05, 0) is 50.7 Å². The lowest BCUT2D eigenvalue weighted by Crippen LogP contribution is -2.52. The van der Waals surface area contributed by atoms with Crippen LogP contribution in [0.4, 0.5) is 28.0 Å². The molecule has 0 aliphatic heterocycles. The third-order valence-electron chi connectivity index (χ3n) is 4.44. The standard InChI is InChI=1S/C17H23F4N3O/c1-24(2)15-6-4-3-5-14(15)23-16(25)22-13-8-11(10-18)7-12(9-13)17(19,20)21/h7-9,14-15H,3-6,10H2,1-2H3,(H2,22,23,25)/t14-,15-/m1/s1. The summed E-state index contributed by atoms with van der Waals surface area (Å²) in [6, 6.07) is 2.29. The molecular formula is C17H23F4N3O. The summed E-state index contributed by atoms with van der Waals surface area (Å²) in [6.07, 6.45) is -0.763. The number of hydrogen-bond acceptors (Lipinski definition) is 2. The van der Waals surface area contributed by atoms with Gasteiger partial charge in [-0.1, -0.05) is 12.8 Å². The molecule has 25 heavy (non-hydrogen) atoms. The van der Waals surface area contributed by atoms with E-state index in [9.17, 15) is 22.4 Å². The Bertz CT molecular complexity index is 604. The number of hydrogen-bond donors (Lipinski definition) is 2. The van der Waals surface area contributed by atoms with E-state index in [0.717, 1.165) is 37.8 Å². The fraction of sp³-hybridized carbons (Fsp3) is 0.588. The summed E-state index contributed by atoms with van der Waals surface area (Å²) in [5.41, 5.74) is -1.19. The highest BCUT2D eigenvalue weighted by Gasteiger charge is 2.32. The molecule has 0 unspecified atom stereocenters. The van der Waals surface area contributed by atoms with Gasteiger partial charge in [0.05, 0.1) is 5.56 Å². The van der Waals surface area contributed by atoms with Crippen LogP contribution < -0.4 is 10.6 Å². The molecule has 2 atom stereocenters. The lowest BCUT2D eigenvalue weighted by molar-refractivity contribution is -0.137. The lowest BCUT2D eigenvalue weighted by atomic mass is 9.89. The number of carbonyl (C=O) groups excluding carboxylic acids is 1. The molecule has 1 aromatic rings. The number of likely N-dealkylation sites (N-methyl/N-ethyl adjacent to an activating group) is 1. The van der Waals surface area contributed by atoms with Crippen molar-refractivity contribution in [1.82, 2.24) is 10.2 Å². The topological polar surface area (TPSA) is 44.4 Å². The Morgan fingerprint density at radius 1 is 1.20 bits per heavy atom. The second kappa shape index (κ2) is 8.03. The minimum Gasteiger partial charge on any atom is -0.334 e. The quantitative estimate of drug-likeness (QED) is 0.791. The third-order valence-corrected chi connectivity index (χ3v) is 4.44.